The van der Waals surface area contributed by atoms with Crippen molar-refractivity contribution in [1.82, 2.24) is 0 Å². The zero-order valence-electron chi connectivity index (χ0n) is 8.39. The molecule has 0 saturated carbocycles. The van der Waals surface area contributed by atoms with Crippen LogP contribution in [0.4, 0.5) is 0 Å². The molecule has 2 nitrogen and oxygen atoms in total. The topological polar surface area (TPSA) is 24.7 Å². The van der Waals surface area contributed by atoms with E-state index >= 15 is 0 Å². The second-order valence-electron chi connectivity index (χ2n) is 1.74. The second-order valence-corrected chi connectivity index (χ2v) is 1.74. The molecular weight excluding hydrogens is 136 g/mol. The lowest BCUT2D eigenvalue weighted by Crippen LogP contribution is -1.86. The third kappa shape index (κ3) is 12.5. The zero-order valence-corrected chi connectivity index (χ0v) is 8.39. The number of amidine groups is 1. The van der Waals surface area contributed by atoms with Crippen molar-refractivity contribution in [2.24, 2.45) is 9.98 Å². The zero-order chi connectivity index (χ0) is 9.11. The molecule has 0 aromatic carbocycles. The summed E-state index contributed by atoms with van der Waals surface area (Å²) in [5.74, 6) is 0.874. The van der Waals surface area contributed by atoms with Crippen LogP contribution in [-0.4, -0.2) is 18.6 Å². The van der Waals surface area contributed by atoms with Gasteiger partial charge in [0.2, 0.25) is 0 Å². The van der Waals surface area contributed by atoms with Gasteiger partial charge in [0.1, 0.15) is 5.84 Å². The van der Waals surface area contributed by atoms with Gasteiger partial charge in [0.25, 0.3) is 0 Å². The van der Waals surface area contributed by atoms with E-state index in [0.29, 0.717) is 0 Å². The second kappa shape index (κ2) is 12.1. The Morgan fingerprint density at radius 1 is 1.27 bits per heavy atom. The molecule has 0 unspecified atom stereocenters. The summed E-state index contributed by atoms with van der Waals surface area (Å²) in [5.41, 5.74) is 0. The van der Waals surface area contributed by atoms with E-state index in [1.165, 1.54) is 0 Å². The highest BCUT2D eigenvalue weighted by atomic mass is 14.9. The molecule has 0 atom stereocenters. The van der Waals surface area contributed by atoms with Crippen LogP contribution < -0.4 is 0 Å². The molecule has 11 heavy (non-hydrogen) atoms. The van der Waals surface area contributed by atoms with Gasteiger partial charge in [-0.05, 0) is 20.3 Å². The number of nitrogens with zero attached hydrogens (tertiary/aromatic N) is 2. The molecule has 0 aliphatic rings. The standard InChI is InChI=1S/C7H14N2.C2H6/c1-4-6-9-7(3)8-5-2;1-2/h6H,4-5H2,1-3H3;1-2H3. The summed E-state index contributed by atoms with van der Waals surface area (Å²) in [7, 11) is 0. The molecule has 0 aliphatic heterocycles. The molecule has 0 aromatic heterocycles. The van der Waals surface area contributed by atoms with E-state index in [4.69, 9.17) is 0 Å². The van der Waals surface area contributed by atoms with Crippen molar-refractivity contribution in [2.75, 3.05) is 6.54 Å². The van der Waals surface area contributed by atoms with Crippen LogP contribution in [0.3, 0.4) is 0 Å². The van der Waals surface area contributed by atoms with Crippen molar-refractivity contribution in [3.63, 3.8) is 0 Å². The molecule has 0 radical (unpaired) electrons. The molecule has 0 aliphatic carbocycles. The van der Waals surface area contributed by atoms with E-state index in [1.54, 1.807) is 0 Å². The molecule has 0 spiro atoms. The predicted molar refractivity (Wildman–Crippen MR) is 53.8 cm³/mol. The fourth-order valence-corrected chi connectivity index (χ4v) is 0.493. The minimum Gasteiger partial charge on any atom is -0.271 e. The highest BCUT2D eigenvalue weighted by Gasteiger charge is 1.77. The van der Waals surface area contributed by atoms with E-state index in [1.807, 2.05) is 33.9 Å². The first-order valence-corrected chi connectivity index (χ1v) is 4.34. The quantitative estimate of drug-likeness (QED) is 0.434. The van der Waals surface area contributed by atoms with E-state index in [-0.39, 0.29) is 0 Å². The van der Waals surface area contributed by atoms with Crippen LogP contribution in [0.1, 0.15) is 41.0 Å². The van der Waals surface area contributed by atoms with Crippen LogP contribution >= 0.6 is 0 Å². The summed E-state index contributed by atoms with van der Waals surface area (Å²) in [6.45, 7) is 10.8. The van der Waals surface area contributed by atoms with Crippen LogP contribution in [0.25, 0.3) is 0 Å². The average Bonchev–Trinajstić information content (AvgIpc) is 2.05. The predicted octanol–water partition coefficient (Wildman–Crippen LogP) is 2.93. The van der Waals surface area contributed by atoms with Gasteiger partial charge in [-0.3, -0.25) is 4.99 Å². The van der Waals surface area contributed by atoms with Gasteiger partial charge < -0.3 is 0 Å². The summed E-state index contributed by atoms with van der Waals surface area (Å²) in [4.78, 5) is 8.14. The van der Waals surface area contributed by atoms with Crippen molar-refractivity contribution < 1.29 is 0 Å². The molecule has 0 saturated heterocycles. The number of hydrogen-bond donors (Lipinski definition) is 0. The van der Waals surface area contributed by atoms with E-state index in [9.17, 15) is 0 Å². The first-order chi connectivity index (χ1) is 5.31. The third-order valence-corrected chi connectivity index (χ3v) is 0.848. The molecular formula is C9H20N2. The number of aliphatic imine (C=N–C) groups is 2. The average molecular weight is 156 g/mol. The van der Waals surface area contributed by atoms with Gasteiger partial charge >= 0.3 is 0 Å². The fourth-order valence-electron chi connectivity index (χ4n) is 0.493. The maximum Gasteiger partial charge on any atom is 0.119 e. The molecule has 0 N–H and O–H groups in total. The minimum absolute atomic E-state index is 0.826. The monoisotopic (exact) mass is 156 g/mol. The van der Waals surface area contributed by atoms with Gasteiger partial charge in [0.15, 0.2) is 0 Å². The van der Waals surface area contributed by atoms with Gasteiger partial charge in [0.05, 0.1) is 0 Å². The summed E-state index contributed by atoms with van der Waals surface area (Å²) in [5, 5.41) is 0. The normalized spacial score (nSPS) is 11.2. The Balaban J connectivity index is 0. The lowest BCUT2D eigenvalue weighted by Gasteiger charge is -1.86. The molecule has 0 aromatic rings. The van der Waals surface area contributed by atoms with E-state index < -0.39 is 0 Å². The van der Waals surface area contributed by atoms with Crippen LogP contribution in [0.2, 0.25) is 0 Å². The Morgan fingerprint density at radius 2 is 1.82 bits per heavy atom. The maximum atomic E-state index is 4.08. The molecule has 0 heterocycles. The van der Waals surface area contributed by atoms with Crippen molar-refractivity contribution in [3.05, 3.63) is 0 Å². The SMILES string of the molecule is CC.CCC=NC(C)=NCC. The smallest absolute Gasteiger partial charge is 0.119 e. The van der Waals surface area contributed by atoms with Crippen molar-refractivity contribution >= 4 is 12.1 Å². The van der Waals surface area contributed by atoms with Crippen molar-refractivity contribution in [2.45, 2.75) is 41.0 Å². The van der Waals surface area contributed by atoms with E-state index in [2.05, 4.69) is 16.9 Å². The van der Waals surface area contributed by atoms with Gasteiger partial charge in [-0.2, -0.15) is 0 Å². The Labute approximate surface area is 70.5 Å². The molecule has 0 rings (SSSR count). The Hall–Kier alpha value is -0.660. The van der Waals surface area contributed by atoms with Crippen LogP contribution in [-0.2, 0) is 0 Å². The first-order valence-electron chi connectivity index (χ1n) is 4.34. The van der Waals surface area contributed by atoms with Crippen molar-refractivity contribution in [3.8, 4) is 0 Å². The number of rotatable bonds is 2. The minimum atomic E-state index is 0.826. The lowest BCUT2D eigenvalue weighted by atomic mass is 10.5. The highest BCUT2D eigenvalue weighted by molar-refractivity contribution is 5.87. The summed E-state index contributed by atoms with van der Waals surface area (Å²) < 4.78 is 0. The van der Waals surface area contributed by atoms with Gasteiger partial charge in [-0.15, -0.1) is 0 Å². The molecule has 2 heteroatoms. The Kier molecular flexibility index (Phi) is 14.2. The lowest BCUT2D eigenvalue weighted by molar-refractivity contribution is 1.12. The third-order valence-electron chi connectivity index (χ3n) is 0.848. The molecule has 0 fully saturated rings. The fraction of sp³-hybridized carbons (Fsp3) is 0.778. The summed E-state index contributed by atoms with van der Waals surface area (Å²) in [6, 6.07) is 0. The highest BCUT2D eigenvalue weighted by Crippen LogP contribution is 1.79. The summed E-state index contributed by atoms with van der Waals surface area (Å²) in [6.07, 6.45) is 2.85. The Morgan fingerprint density at radius 3 is 2.18 bits per heavy atom. The van der Waals surface area contributed by atoms with Gasteiger partial charge in [-0.1, -0.05) is 20.8 Å². The molecule has 66 valence electrons. The van der Waals surface area contributed by atoms with Crippen LogP contribution in [0, 0.1) is 0 Å². The van der Waals surface area contributed by atoms with Crippen molar-refractivity contribution in [1.29, 1.82) is 0 Å². The van der Waals surface area contributed by atoms with Crippen LogP contribution in [0.15, 0.2) is 9.98 Å². The number of hydrogen-bond acceptors (Lipinski definition) is 1. The van der Waals surface area contributed by atoms with Crippen LogP contribution in [0.5, 0.6) is 0 Å². The maximum absolute atomic E-state index is 4.08. The largest absolute Gasteiger partial charge is 0.271 e. The molecule has 0 bridgehead atoms. The van der Waals surface area contributed by atoms with Gasteiger partial charge in [0, 0.05) is 12.8 Å². The summed E-state index contributed by atoms with van der Waals surface area (Å²) >= 11 is 0. The van der Waals surface area contributed by atoms with E-state index in [0.717, 1.165) is 18.8 Å². The first kappa shape index (κ1) is 13.0. The Bertz CT molecular complexity index is 115. The van der Waals surface area contributed by atoms with Gasteiger partial charge in [-0.25, -0.2) is 4.99 Å². The molecule has 0 amide bonds.